The van der Waals surface area contributed by atoms with E-state index in [9.17, 15) is 9.59 Å². The van der Waals surface area contributed by atoms with E-state index in [0.29, 0.717) is 36.3 Å². The summed E-state index contributed by atoms with van der Waals surface area (Å²) in [6.45, 7) is 3.84. The van der Waals surface area contributed by atoms with Crippen LogP contribution in [0.2, 0.25) is 0 Å². The molecule has 18 heavy (non-hydrogen) atoms. The molecule has 96 valence electrons. The first kappa shape index (κ1) is 13.0. The first-order valence-corrected chi connectivity index (χ1v) is 6.54. The van der Waals surface area contributed by atoms with Crippen LogP contribution in [0, 0.1) is 0 Å². The maximum Gasteiger partial charge on any atom is 0.273 e. The van der Waals surface area contributed by atoms with Gasteiger partial charge in [0.05, 0.1) is 0 Å². The van der Waals surface area contributed by atoms with Gasteiger partial charge in [0, 0.05) is 43.8 Å². The molecule has 2 heterocycles. The summed E-state index contributed by atoms with van der Waals surface area (Å²) in [5.41, 5.74) is 0.425. The maximum atomic E-state index is 12.2. The highest BCUT2D eigenvalue weighted by atomic mass is 79.9. The van der Waals surface area contributed by atoms with E-state index in [1.54, 1.807) is 35.1 Å². The molecule has 5 nitrogen and oxygen atoms in total. The van der Waals surface area contributed by atoms with Crippen molar-refractivity contribution in [1.29, 1.82) is 0 Å². The molecule has 1 aromatic rings. The number of nitrogens with zero attached hydrogens (tertiary/aromatic N) is 3. The van der Waals surface area contributed by atoms with Gasteiger partial charge in [0.1, 0.15) is 5.69 Å². The van der Waals surface area contributed by atoms with Gasteiger partial charge in [-0.15, -0.1) is 0 Å². The van der Waals surface area contributed by atoms with Crippen molar-refractivity contribution in [2.75, 3.05) is 26.2 Å². The van der Waals surface area contributed by atoms with Crippen molar-refractivity contribution >= 4 is 27.7 Å². The van der Waals surface area contributed by atoms with Gasteiger partial charge >= 0.3 is 0 Å². The fourth-order valence-corrected chi connectivity index (χ4v) is 2.34. The Morgan fingerprint density at radius 3 is 2.39 bits per heavy atom. The lowest BCUT2D eigenvalue weighted by molar-refractivity contribution is -0.130. The fraction of sp³-hybridized carbons (Fsp3) is 0.417. The summed E-state index contributed by atoms with van der Waals surface area (Å²) >= 11 is 3.32. The van der Waals surface area contributed by atoms with Crippen molar-refractivity contribution in [3.63, 3.8) is 0 Å². The summed E-state index contributed by atoms with van der Waals surface area (Å²) in [5, 5.41) is 0. The highest BCUT2D eigenvalue weighted by Gasteiger charge is 2.24. The zero-order valence-electron chi connectivity index (χ0n) is 10.1. The zero-order valence-corrected chi connectivity index (χ0v) is 11.7. The molecule has 0 atom stereocenters. The SMILES string of the molecule is CC(=O)N1CCN(C(=O)c2ncccc2Br)CC1. The molecule has 0 saturated carbocycles. The molecular formula is C12H14BrN3O2. The predicted molar refractivity (Wildman–Crippen MR) is 70.1 cm³/mol. The van der Waals surface area contributed by atoms with Gasteiger partial charge in [-0.1, -0.05) is 0 Å². The van der Waals surface area contributed by atoms with Crippen molar-refractivity contribution in [3.05, 3.63) is 28.5 Å². The number of hydrogen-bond donors (Lipinski definition) is 0. The molecule has 0 spiro atoms. The lowest BCUT2D eigenvalue weighted by Crippen LogP contribution is -2.50. The molecular weight excluding hydrogens is 298 g/mol. The van der Waals surface area contributed by atoms with Gasteiger partial charge in [-0.2, -0.15) is 0 Å². The maximum absolute atomic E-state index is 12.2. The largest absolute Gasteiger partial charge is 0.339 e. The molecule has 2 amide bonds. The summed E-state index contributed by atoms with van der Waals surface area (Å²) in [6, 6.07) is 3.57. The second kappa shape index (κ2) is 5.48. The average Bonchev–Trinajstić information content (AvgIpc) is 2.38. The summed E-state index contributed by atoms with van der Waals surface area (Å²) in [7, 11) is 0. The van der Waals surface area contributed by atoms with Crippen LogP contribution in [-0.2, 0) is 4.79 Å². The molecule has 1 fully saturated rings. The number of pyridine rings is 1. The molecule has 0 unspecified atom stereocenters. The summed E-state index contributed by atoms with van der Waals surface area (Å²) < 4.78 is 0.698. The Hall–Kier alpha value is -1.43. The quantitative estimate of drug-likeness (QED) is 0.782. The number of carbonyl (C=O) groups is 2. The highest BCUT2D eigenvalue weighted by molar-refractivity contribution is 9.10. The summed E-state index contributed by atoms with van der Waals surface area (Å²) in [6.07, 6.45) is 1.60. The van der Waals surface area contributed by atoms with Crippen LogP contribution in [0.15, 0.2) is 22.8 Å². The monoisotopic (exact) mass is 311 g/mol. The van der Waals surface area contributed by atoms with E-state index in [0.717, 1.165) is 0 Å². The number of carbonyl (C=O) groups excluding carboxylic acids is 2. The number of halogens is 1. The number of hydrogen-bond acceptors (Lipinski definition) is 3. The van der Waals surface area contributed by atoms with Gasteiger partial charge in [0.2, 0.25) is 5.91 Å². The van der Waals surface area contributed by atoms with E-state index in [1.165, 1.54) is 0 Å². The lowest BCUT2D eigenvalue weighted by Gasteiger charge is -2.34. The fourth-order valence-electron chi connectivity index (χ4n) is 1.92. The molecule has 6 heteroatoms. The van der Waals surface area contributed by atoms with Crippen LogP contribution >= 0.6 is 15.9 Å². The van der Waals surface area contributed by atoms with E-state index in [1.807, 2.05) is 0 Å². The van der Waals surface area contributed by atoms with E-state index >= 15 is 0 Å². The molecule has 1 aliphatic rings. The average molecular weight is 312 g/mol. The van der Waals surface area contributed by atoms with Gasteiger partial charge in [-0.05, 0) is 28.1 Å². The number of aromatic nitrogens is 1. The van der Waals surface area contributed by atoms with Crippen LogP contribution in [-0.4, -0.2) is 52.8 Å². The first-order chi connectivity index (χ1) is 8.59. The van der Waals surface area contributed by atoms with Crippen molar-refractivity contribution < 1.29 is 9.59 Å². The minimum absolute atomic E-state index is 0.0566. The Morgan fingerprint density at radius 1 is 1.22 bits per heavy atom. The third-order valence-corrected chi connectivity index (χ3v) is 3.61. The smallest absolute Gasteiger partial charge is 0.273 e. The first-order valence-electron chi connectivity index (χ1n) is 5.75. The van der Waals surface area contributed by atoms with Crippen LogP contribution < -0.4 is 0 Å². The van der Waals surface area contributed by atoms with Crippen molar-refractivity contribution in [2.45, 2.75) is 6.92 Å². The second-order valence-electron chi connectivity index (χ2n) is 4.13. The molecule has 0 bridgehead atoms. The Morgan fingerprint density at radius 2 is 1.83 bits per heavy atom. The molecule has 2 rings (SSSR count). The van der Waals surface area contributed by atoms with E-state index in [2.05, 4.69) is 20.9 Å². The van der Waals surface area contributed by atoms with Gasteiger partial charge < -0.3 is 9.80 Å². The van der Waals surface area contributed by atoms with E-state index in [-0.39, 0.29) is 11.8 Å². The molecule has 1 aromatic heterocycles. The van der Waals surface area contributed by atoms with Gasteiger partial charge in [0.15, 0.2) is 0 Å². The Balaban J connectivity index is 2.04. The zero-order chi connectivity index (χ0) is 13.1. The van der Waals surface area contributed by atoms with Crippen molar-refractivity contribution in [1.82, 2.24) is 14.8 Å². The van der Waals surface area contributed by atoms with Crippen LogP contribution in [0.25, 0.3) is 0 Å². The lowest BCUT2D eigenvalue weighted by atomic mass is 10.2. The molecule has 1 saturated heterocycles. The van der Waals surface area contributed by atoms with Crippen molar-refractivity contribution in [3.8, 4) is 0 Å². The molecule has 1 aliphatic heterocycles. The van der Waals surface area contributed by atoms with Gasteiger partial charge in [-0.25, -0.2) is 4.98 Å². The summed E-state index contributed by atoms with van der Waals surface area (Å²) in [5.74, 6) is -0.0354. The highest BCUT2D eigenvalue weighted by Crippen LogP contribution is 2.16. The van der Waals surface area contributed by atoms with Gasteiger partial charge in [-0.3, -0.25) is 9.59 Å². The Bertz CT molecular complexity index is 470. The van der Waals surface area contributed by atoms with E-state index < -0.39 is 0 Å². The minimum Gasteiger partial charge on any atom is -0.339 e. The molecule has 0 aromatic carbocycles. The van der Waals surface area contributed by atoms with Crippen LogP contribution in [0.4, 0.5) is 0 Å². The van der Waals surface area contributed by atoms with Crippen LogP contribution in [0.1, 0.15) is 17.4 Å². The molecule has 0 aliphatic carbocycles. The summed E-state index contributed by atoms with van der Waals surface area (Å²) in [4.78, 5) is 31.0. The van der Waals surface area contributed by atoms with Crippen LogP contribution in [0.5, 0.6) is 0 Å². The minimum atomic E-state index is -0.0920. The van der Waals surface area contributed by atoms with Crippen LogP contribution in [0.3, 0.4) is 0 Å². The Labute approximate surface area is 114 Å². The third kappa shape index (κ3) is 2.69. The predicted octanol–water partition coefficient (Wildman–Crippen LogP) is 1.15. The molecule has 0 N–H and O–H groups in total. The Kier molecular flexibility index (Phi) is 3.96. The van der Waals surface area contributed by atoms with Crippen molar-refractivity contribution in [2.24, 2.45) is 0 Å². The number of amides is 2. The molecule has 0 radical (unpaired) electrons. The van der Waals surface area contributed by atoms with E-state index in [4.69, 9.17) is 0 Å². The normalized spacial score (nSPS) is 15.7. The number of rotatable bonds is 1. The topological polar surface area (TPSA) is 53.5 Å². The number of piperazine rings is 1. The third-order valence-electron chi connectivity index (χ3n) is 2.97. The second-order valence-corrected chi connectivity index (χ2v) is 4.99. The van der Waals surface area contributed by atoms with Gasteiger partial charge in [0.25, 0.3) is 5.91 Å². The standard InChI is InChI=1S/C12H14BrN3O2/c1-9(17)15-5-7-16(8-6-15)12(18)11-10(13)3-2-4-14-11/h2-4H,5-8H2,1H3.